The van der Waals surface area contributed by atoms with Crippen molar-refractivity contribution in [3.8, 4) is 0 Å². The van der Waals surface area contributed by atoms with Gasteiger partial charge in [0.2, 0.25) is 11.8 Å². The lowest BCUT2D eigenvalue weighted by Crippen LogP contribution is -2.38. The molecule has 1 saturated heterocycles. The van der Waals surface area contributed by atoms with Crippen molar-refractivity contribution in [3.63, 3.8) is 0 Å². The number of hydrogen-bond acceptors (Lipinski definition) is 2. The predicted octanol–water partition coefficient (Wildman–Crippen LogP) is 2.39. The number of imide groups is 1. The van der Waals surface area contributed by atoms with Gasteiger partial charge in [0.25, 0.3) is 0 Å². The summed E-state index contributed by atoms with van der Waals surface area (Å²) in [5, 5.41) is 0. The number of hydrogen-bond donors (Lipinski definition) is 0. The molecule has 2 fully saturated rings. The Balaban J connectivity index is 1.78. The molecule has 3 nitrogen and oxygen atoms in total. The van der Waals surface area contributed by atoms with Crippen molar-refractivity contribution in [2.45, 2.75) is 12.8 Å². The summed E-state index contributed by atoms with van der Waals surface area (Å²) in [6, 6.07) is 9.30. The van der Waals surface area contributed by atoms with Crippen molar-refractivity contribution in [2.24, 2.45) is 23.7 Å². The Labute approximate surface area is 111 Å². The van der Waals surface area contributed by atoms with Crippen LogP contribution in [0.15, 0.2) is 42.5 Å². The summed E-state index contributed by atoms with van der Waals surface area (Å²) in [5.74, 6) is 0.300. The van der Waals surface area contributed by atoms with Crippen molar-refractivity contribution in [2.75, 3.05) is 4.90 Å². The van der Waals surface area contributed by atoms with Gasteiger partial charge in [-0.3, -0.25) is 14.5 Å². The number of allylic oxidation sites excluding steroid dienone is 2. The number of carbonyl (C=O) groups is 2. The molecule has 19 heavy (non-hydrogen) atoms. The summed E-state index contributed by atoms with van der Waals surface area (Å²) >= 11 is 0. The minimum Gasteiger partial charge on any atom is -0.274 e. The summed E-state index contributed by atoms with van der Waals surface area (Å²) in [6.45, 7) is 0. The van der Waals surface area contributed by atoms with Gasteiger partial charge in [0.1, 0.15) is 0 Å². The third-order valence-electron chi connectivity index (χ3n) is 4.77. The summed E-state index contributed by atoms with van der Waals surface area (Å²) < 4.78 is 0. The smallest absolute Gasteiger partial charge is 0.238 e. The Morgan fingerprint density at radius 3 is 1.84 bits per heavy atom. The number of nitrogens with zero attached hydrogens (tertiary/aromatic N) is 1. The van der Waals surface area contributed by atoms with Crippen LogP contribution < -0.4 is 4.90 Å². The van der Waals surface area contributed by atoms with E-state index < -0.39 is 0 Å². The Morgan fingerprint density at radius 1 is 0.842 bits per heavy atom. The minimum absolute atomic E-state index is 0.000231. The molecule has 3 aliphatic carbocycles. The Bertz CT molecular complexity index is 546. The van der Waals surface area contributed by atoms with Gasteiger partial charge in [-0.1, -0.05) is 30.4 Å². The number of rotatable bonds is 1. The average molecular weight is 253 g/mol. The van der Waals surface area contributed by atoms with Crippen LogP contribution in [0.2, 0.25) is 0 Å². The number of para-hydroxylation sites is 1. The Kier molecular flexibility index (Phi) is 2.19. The van der Waals surface area contributed by atoms with Crippen LogP contribution in [0.5, 0.6) is 0 Å². The summed E-state index contributed by atoms with van der Waals surface area (Å²) in [6.07, 6.45) is 6.39. The third-order valence-corrected chi connectivity index (χ3v) is 4.77. The molecule has 4 aliphatic rings. The van der Waals surface area contributed by atoms with E-state index in [9.17, 15) is 9.59 Å². The number of amides is 2. The van der Waals surface area contributed by atoms with Crippen LogP contribution in [-0.4, -0.2) is 11.8 Å². The zero-order valence-corrected chi connectivity index (χ0v) is 10.5. The molecule has 2 amide bonds. The molecule has 2 bridgehead atoms. The molecule has 5 rings (SSSR count). The first kappa shape index (κ1) is 11.0. The van der Waals surface area contributed by atoms with E-state index in [1.165, 1.54) is 4.90 Å². The number of carbonyl (C=O) groups excluding carboxylic acids is 2. The molecular weight excluding hydrogens is 238 g/mol. The zero-order chi connectivity index (χ0) is 13.0. The van der Waals surface area contributed by atoms with Gasteiger partial charge in [-0.05, 0) is 36.8 Å². The molecule has 1 heterocycles. The topological polar surface area (TPSA) is 37.4 Å². The van der Waals surface area contributed by atoms with Gasteiger partial charge in [-0.25, -0.2) is 0 Å². The Morgan fingerprint density at radius 2 is 1.37 bits per heavy atom. The normalized spacial score (nSPS) is 35.9. The lowest BCUT2D eigenvalue weighted by atomic mass is 9.63. The van der Waals surface area contributed by atoms with Crippen molar-refractivity contribution in [3.05, 3.63) is 42.5 Å². The average Bonchev–Trinajstić information content (AvgIpc) is 2.75. The largest absolute Gasteiger partial charge is 0.274 e. The van der Waals surface area contributed by atoms with Gasteiger partial charge >= 0.3 is 0 Å². The quantitative estimate of drug-likeness (QED) is 0.569. The molecule has 0 N–H and O–H groups in total. The first-order valence-electron chi connectivity index (χ1n) is 6.88. The second-order valence-electron chi connectivity index (χ2n) is 5.69. The maximum atomic E-state index is 12.6. The lowest BCUT2D eigenvalue weighted by molar-refractivity contribution is -0.124. The van der Waals surface area contributed by atoms with Crippen molar-refractivity contribution in [1.82, 2.24) is 0 Å². The maximum absolute atomic E-state index is 12.6. The highest BCUT2D eigenvalue weighted by molar-refractivity contribution is 6.22. The molecule has 0 aromatic heterocycles. The van der Waals surface area contributed by atoms with Crippen molar-refractivity contribution in [1.29, 1.82) is 0 Å². The fourth-order valence-corrected chi connectivity index (χ4v) is 3.91. The van der Waals surface area contributed by atoms with E-state index in [0.29, 0.717) is 5.69 Å². The molecule has 0 spiro atoms. The predicted molar refractivity (Wildman–Crippen MR) is 71.3 cm³/mol. The van der Waals surface area contributed by atoms with Crippen LogP contribution in [0.4, 0.5) is 5.69 Å². The van der Waals surface area contributed by atoms with Crippen molar-refractivity contribution >= 4 is 17.5 Å². The van der Waals surface area contributed by atoms with Gasteiger partial charge in [-0.2, -0.15) is 0 Å². The molecule has 1 aromatic carbocycles. The third kappa shape index (κ3) is 1.38. The van der Waals surface area contributed by atoms with Crippen LogP contribution in [-0.2, 0) is 9.59 Å². The minimum atomic E-state index is -0.114. The SMILES string of the molecule is O=C1[C@H]2[C@H](C(=O)N1c1ccccc1)[C@@H]1C=C[C@@H]2CC1. The van der Waals surface area contributed by atoms with Gasteiger partial charge in [0.05, 0.1) is 17.5 Å². The molecular formula is C16H15NO2. The molecule has 3 heteroatoms. The first-order chi connectivity index (χ1) is 9.27. The highest BCUT2D eigenvalue weighted by atomic mass is 16.2. The molecule has 1 saturated carbocycles. The molecule has 0 radical (unpaired) electrons. The van der Waals surface area contributed by atoms with E-state index in [1.54, 1.807) is 0 Å². The first-order valence-corrected chi connectivity index (χ1v) is 6.88. The second-order valence-corrected chi connectivity index (χ2v) is 5.69. The van der Waals surface area contributed by atoms with E-state index in [2.05, 4.69) is 12.2 Å². The summed E-state index contributed by atoms with van der Waals surface area (Å²) in [4.78, 5) is 26.6. The fraction of sp³-hybridized carbons (Fsp3) is 0.375. The van der Waals surface area contributed by atoms with Crippen LogP contribution in [0.25, 0.3) is 0 Å². The molecule has 1 aliphatic heterocycles. The highest BCUT2D eigenvalue weighted by Gasteiger charge is 2.56. The van der Waals surface area contributed by atoms with Crippen LogP contribution in [0.3, 0.4) is 0 Å². The monoisotopic (exact) mass is 253 g/mol. The van der Waals surface area contributed by atoms with Gasteiger partial charge < -0.3 is 0 Å². The number of benzene rings is 1. The Hall–Kier alpha value is -1.90. The highest BCUT2D eigenvalue weighted by Crippen LogP contribution is 2.50. The van der Waals surface area contributed by atoms with E-state index in [1.807, 2.05) is 30.3 Å². The standard InChI is InChI=1S/C16H15NO2/c18-15-13-10-6-7-11(9-8-10)14(13)16(19)17(15)12-4-2-1-3-5-12/h1-7,10-11,13-14H,8-9H2/t10-,11-,13-,14-/m1/s1. The lowest BCUT2D eigenvalue weighted by Gasteiger charge is -2.38. The molecule has 4 atom stereocenters. The molecule has 1 aromatic rings. The molecule has 0 unspecified atom stereocenters. The van der Waals surface area contributed by atoms with Crippen LogP contribution >= 0.6 is 0 Å². The van der Waals surface area contributed by atoms with Gasteiger partial charge in [0, 0.05) is 0 Å². The number of fused-ring (bicyclic) bond motifs is 1. The fourth-order valence-electron chi connectivity index (χ4n) is 3.91. The van der Waals surface area contributed by atoms with Crippen LogP contribution in [0, 0.1) is 23.7 Å². The van der Waals surface area contributed by atoms with Crippen LogP contribution in [0.1, 0.15) is 12.8 Å². The number of anilines is 1. The maximum Gasteiger partial charge on any atom is 0.238 e. The van der Waals surface area contributed by atoms with Crippen molar-refractivity contribution < 1.29 is 9.59 Å². The summed E-state index contributed by atoms with van der Waals surface area (Å²) in [7, 11) is 0. The van der Waals surface area contributed by atoms with Gasteiger partial charge in [0.15, 0.2) is 0 Å². The van der Waals surface area contributed by atoms with E-state index in [4.69, 9.17) is 0 Å². The van der Waals surface area contributed by atoms with E-state index >= 15 is 0 Å². The zero-order valence-electron chi connectivity index (χ0n) is 10.5. The second kappa shape index (κ2) is 3.80. The van der Waals surface area contributed by atoms with E-state index in [0.717, 1.165) is 12.8 Å². The van der Waals surface area contributed by atoms with Gasteiger partial charge in [-0.15, -0.1) is 0 Å². The summed E-state index contributed by atoms with van der Waals surface area (Å²) in [5.41, 5.74) is 0.714. The van der Waals surface area contributed by atoms with E-state index in [-0.39, 0.29) is 35.5 Å². The molecule has 96 valence electrons.